The van der Waals surface area contributed by atoms with Crippen molar-refractivity contribution in [1.82, 2.24) is 0 Å². The number of amides is 1. The Bertz CT molecular complexity index is 632. The molecule has 1 aromatic carbocycles. The summed E-state index contributed by atoms with van der Waals surface area (Å²) in [5, 5.41) is -0.465. The number of methoxy groups -OCH3 is 1. The number of nitrogens with zero attached hydrogens (tertiary/aromatic N) is 1. The highest BCUT2D eigenvalue weighted by molar-refractivity contribution is 8.00. The predicted molar refractivity (Wildman–Crippen MR) is 74.7 cm³/mol. The molecule has 0 fully saturated rings. The van der Waals surface area contributed by atoms with Gasteiger partial charge in [-0.1, -0.05) is 11.6 Å². The molecule has 1 heterocycles. The number of aliphatic imine (C=N–C) groups is 1. The van der Waals surface area contributed by atoms with Gasteiger partial charge in [-0.15, -0.1) is 11.8 Å². The molecule has 2 N–H and O–H groups in total. The number of fused-ring (bicyclic) bond motifs is 1. The van der Waals surface area contributed by atoms with Crippen LogP contribution >= 0.6 is 23.4 Å². The van der Waals surface area contributed by atoms with E-state index in [1.165, 1.54) is 7.11 Å². The van der Waals surface area contributed by atoms with Gasteiger partial charge in [0.1, 0.15) is 0 Å². The molecule has 4 nitrogen and oxygen atoms in total. The number of thioether (sulfide) groups is 1. The quantitative estimate of drug-likeness (QED) is 0.919. The van der Waals surface area contributed by atoms with Crippen molar-refractivity contribution in [2.45, 2.75) is 11.1 Å². The number of hydrogen-bond donors (Lipinski definition) is 1. The smallest absolute Gasteiger partial charge is 0.379 e. The van der Waals surface area contributed by atoms with Gasteiger partial charge >= 0.3 is 6.18 Å². The molecule has 0 spiro atoms. The maximum atomic E-state index is 13.0. The van der Waals surface area contributed by atoms with Crippen LogP contribution in [0.5, 0.6) is 0 Å². The predicted octanol–water partition coefficient (Wildman–Crippen LogP) is 3.28. The van der Waals surface area contributed by atoms with Crippen LogP contribution < -0.4 is 5.73 Å². The Morgan fingerprint density at radius 3 is 2.76 bits per heavy atom. The van der Waals surface area contributed by atoms with E-state index in [1.54, 1.807) is 0 Å². The van der Waals surface area contributed by atoms with Gasteiger partial charge in [0.05, 0.1) is 39.1 Å². The molecule has 0 saturated heterocycles. The van der Waals surface area contributed by atoms with Crippen LogP contribution in [0.1, 0.15) is 15.9 Å². The second-order valence-corrected chi connectivity index (χ2v) is 5.59. The number of nitrogens with two attached hydrogens (primary N) is 1. The van der Waals surface area contributed by atoms with Gasteiger partial charge in [-0.2, -0.15) is 13.2 Å². The lowest BCUT2D eigenvalue weighted by Crippen LogP contribution is -2.18. The van der Waals surface area contributed by atoms with E-state index >= 15 is 0 Å². The Labute approximate surface area is 127 Å². The largest absolute Gasteiger partial charge is 0.417 e. The first-order chi connectivity index (χ1) is 9.75. The van der Waals surface area contributed by atoms with Crippen LogP contribution in [-0.2, 0) is 10.9 Å². The molecule has 0 aliphatic carbocycles. The number of carbonyl (C=O) groups excluding carboxylic acids is 1. The molecule has 1 aliphatic heterocycles. The average molecular weight is 339 g/mol. The Kier molecular flexibility index (Phi) is 4.50. The average Bonchev–Trinajstić information content (AvgIpc) is 2.37. The number of carbonyl (C=O) groups is 1. The molecule has 1 aliphatic rings. The number of benzene rings is 1. The highest BCUT2D eigenvalue weighted by atomic mass is 35.5. The fourth-order valence-electron chi connectivity index (χ4n) is 1.85. The van der Waals surface area contributed by atoms with E-state index in [2.05, 4.69) is 4.99 Å². The summed E-state index contributed by atoms with van der Waals surface area (Å²) in [7, 11) is 1.47. The van der Waals surface area contributed by atoms with Crippen molar-refractivity contribution in [2.75, 3.05) is 19.5 Å². The van der Waals surface area contributed by atoms with Crippen molar-refractivity contribution in [3.05, 3.63) is 22.2 Å². The minimum atomic E-state index is -4.67. The first-order valence-electron chi connectivity index (χ1n) is 5.67. The molecule has 0 radical (unpaired) electrons. The minimum absolute atomic E-state index is 0.0730. The Morgan fingerprint density at radius 2 is 2.24 bits per heavy atom. The Morgan fingerprint density at radius 1 is 1.57 bits per heavy atom. The third-order valence-electron chi connectivity index (χ3n) is 2.73. The molecule has 114 valence electrons. The van der Waals surface area contributed by atoms with Crippen LogP contribution in [0.3, 0.4) is 0 Å². The highest BCUT2D eigenvalue weighted by Gasteiger charge is 2.37. The van der Waals surface area contributed by atoms with Crippen LogP contribution in [0.4, 0.5) is 18.9 Å². The van der Waals surface area contributed by atoms with E-state index in [9.17, 15) is 18.0 Å². The third-order valence-corrected chi connectivity index (χ3v) is 4.40. The molecule has 1 amide bonds. The lowest BCUT2D eigenvalue weighted by Gasteiger charge is -2.21. The number of ether oxygens (including phenoxy) is 1. The van der Waals surface area contributed by atoms with Crippen LogP contribution in [0, 0.1) is 0 Å². The Balaban J connectivity index is 2.69. The van der Waals surface area contributed by atoms with Gasteiger partial charge in [0.2, 0.25) is 0 Å². The summed E-state index contributed by atoms with van der Waals surface area (Å²) in [5.41, 5.74) is 4.43. The monoisotopic (exact) mass is 338 g/mol. The lowest BCUT2D eigenvalue weighted by atomic mass is 10.1. The van der Waals surface area contributed by atoms with E-state index in [0.717, 1.165) is 11.8 Å². The second kappa shape index (κ2) is 5.86. The van der Waals surface area contributed by atoms with Crippen LogP contribution in [0.25, 0.3) is 0 Å². The van der Waals surface area contributed by atoms with E-state index in [1.807, 2.05) is 0 Å². The molecular weight excluding hydrogens is 329 g/mol. The maximum absolute atomic E-state index is 13.0. The van der Waals surface area contributed by atoms with E-state index in [0.29, 0.717) is 17.5 Å². The maximum Gasteiger partial charge on any atom is 0.417 e. The second-order valence-electron chi connectivity index (χ2n) is 4.23. The molecule has 21 heavy (non-hydrogen) atoms. The van der Waals surface area contributed by atoms with Gasteiger partial charge in [0.25, 0.3) is 5.91 Å². The van der Waals surface area contributed by atoms with Gasteiger partial charge in [0, 0.05) is 12.9 Å². The molecule has 0 aromatic heterocycles. The van der Waals surface area contributed by atoms with E-state index in [-0.39, 0.29) is 22.8 Å². The third kappa shape index (κ3) is 3.17. The molecular formula is C12H10ClF3N2O2S. The normalized spacial score (nSPS) is 14.6. The van der Waals surface area contributed by atoms with Crippen molar-refractivity contribution >= 4 is 40.7 Å². The summed E-state index contributed by atoms with van der Waals surface area (Å²) in [6, 6.07) is 0.642. The van der Waals surface area contributed by atoms with Crippen molar-refractivity contribution in [1.29, 1.82) is 0 Å². The zero-order chi connectivity index (χ0) is 15.8. The van der Waals surface area contributed by atoms with E-state index in [4.69, 9.17) is 22.1 Å². The zero-order valence-electron chi connectivity index (χ0n) is 10.8. The number of alkyl halides is 3. The topological polar surface area (TPSA) is 64.7 Å². The molecule has 9 heteroatoms. The van der Waals surface area contributed by atoms with Crippen LogP contribution in [-0.4, -0.2) is 31.1 Å². The standard InChI is InChI=1S/C12H10ClF3N2O2S/c1-20-3-5-4-21-10-8(13)7(12(14,15)16)2-6(11(17)19)9(10)18-5/h2H,3-4H2,1H3,(H2,17,19). The lowest BCUT2D eigenvalue weighted by molar-refractivity contribution is -0.137. The zero-order valence-corrected chi connectivity index (χ0v) is 12.3. The first-order valence-corrected chi connectivity index (χ1v) is 7.03. The first kappa shape index (κ1) is 16.1. The summed E-state index contributed by atoms with van der Waals surface area (Å²) in [5.74, 6) is -0.656. The summed E-state index contributed by atoms with van der Waals surface area (Å²) < 4.78 is 43.8. The number of primary amides is 1. The fraction of sp³-hybridized carbons (Fsp3) is 0.333. The number of hydrogen-bond acceptors (Lipinski definition) is 4. The van der Waals surface area contributed by atoms with Gasteiger partial charge in [-0.25, -0.2) is 0 Å². The molecule has 0 unspecified atom stereocenters. The molecule has 2 rings (SSSR count). The Hall–Kier alpha value is -1.25. The summed E-state index contributed by atoms with van der Waals surface area (Å²) >= 11 is 6.89. The van der Waals surface area contributed by atoms with E-state index < -0.39 is 22.7 Å². The summed E-state index contributed by atoms with van der Waals surface area (Å²) in [4.78, 5) is 15.7. The number of rotatable bonds is 3. The fourth-order valence-corrected chi connectivity index (χ4v) is 3.25. The van der Waals surface area contributed by atoms with Crippen molar-refractivity contribution in [3.63, 3.8) is 0 Å². The van der Waals surface area contributed by atoms with Gasteiger partial charge < -0.3 is 10.5 Å². The van der Waals surface area contributed by atoms with Crippen LogP contribution in [0.2, 0.25) is 5.02 Å². The molecule has 1 aromatic rings. The van der Waals surface area contributed by atoms with Crippen molar-refractivity contribution < 1.29 is 22.7 Å². The van der Waals surface area contributed by atoms with Gasteiger partial charge in [-0.05, 0) is 6.07 Å². The SMILES string of the molecule is COCC1=Nc2c(C(N)=O)cc(C(F)(F)F)c(Cl)c2SC1. The molecule has 0 atom stereocenters. The van der Waals surface area contributed by atoms with Crippen molar-refractivity contribution in [2.24, 2.45) is 10.7 Å². The summed E-state index contributed by atoms with van der Waals surface area (Å²) in [6.45, 7) is 0.212. The highest BCUT2D eigenvalue weighted by Crippen LogP contribution is 2.47. The van der Waals surface area contributed by atoms with Crippen molar-refractivity contribution in [3.8, 4) is 0 Å². The summed E-state index contributed by atoms with van der Waals surface area (Å²) in [6.07, 6.45) is -4.67. The van der Waals surface area contributed by atoms with Gasteiger partial charge in [0.15, 0.2) is 0 Å². The molecule has 0 saturated carbocycles. The van der Waals surface area contributed by atoms with Gasteiger partial charge in [-0.3, -0.25) is 9.79 Å². The van der Waals surface area contributed by atoms with Crippen LogP contribution in [0.15, 0.2) is 16.0 Å². The number of halogens is 4. The molecule has 0 bridgehead atoms. The minimum Gasteiger partial charge on any atom is -0.379 e.